The molecule has 118 valence electrons. The molecule has 0 fully saturated rings. The first-order valence-corrected chi connectivity index (χ1v) is 8.98. The Bertz CT molecular complexity index is 758. The zero-order valence-electron chi connectivity index (χ0n) is 12.1. The van der Waals surface area contributed by atoms with Gasteiger partial charge in [-0.15, -0.1) is 0 Å². The summed E-state index contributed by atoms with van der Waals surface area (Å²) in [5, 5.41) is 0.826. The van der Waals surface area contributed by atoms with E-state index in [2.05, 4.69) is 0 Å². The molecular formula is C15H15Cl2NO3S. The number of sulfonamides is 1. The van der Waals surface area contributed by atoms with Crippen LogP contribution in [-0.2, 0) is 16.6 Å². The Hall–Kier alpha value is -1.43. The minimum absolute atomic E-state index is 0.0255. The molecule has 0 spiro atoms. The third kappa shape index (κ3) is 3.66. The minimum Gasteiger partial charge on any atom is -0.495 e. The molecule has 2 aromatic rings. The fraction of sp³-hybridized carbons (Fsp3) is 0.200. The predicted molar refractivity (Wildman–Crippen MR) is 90.5 cm³/mol. The number of benzene rings is 2. The van der Waals surface area contributed by atoms with Crippen LogP contribution in [0.25, 0.3) is 0 Å². The Morgan fingerprint density at radius 2 is 1.64 bits per heavy atom. The molecule has 0 amide bonds. The maximum atomic E-state index is 12.2. The number of halogens is 2. The highest BCUT2D eigenvalue weighted by atomic mass is 35.5. The van der Waals surface area contributed by atoms with Gasteiger partial charge in [0.05, 0.1) is 25.6 Å². The molecule has 0 bridgehead atoms. The van der Waals surface area contributed by atoms with Crippen LogP contribution in [0.5, 0.6) is 5.75 Å². The van der Waals surface area contributed by atoms with E-state index in [9.17, 15) is 8.42 Å². The Kier molecular flexibility index (Phi) is 5.21. The third-order valence-electron chi connectivity index (χ3n) is 3.12. The van der Waals surface area contributed by atoms with Gasteiger partial charge < -0.3 is 4.74 Å². The quantitative estimate of drug-likeness (QED) is 0.811. The van der Waals surface area contributed by atoms with Crippen molar-refractivity contribution in [3.63, 3.8) is 0 Å². The molecule has 0 aliphatic heterocycles. The molecule has 0 atom stereocenters. The molecule has 0 saturated carbocycles. The van der Waals surface area contributed by atoms with Crippen molar-refractivity contribution in [3.05, 3.63) is 58.1 Å². The first kappa shape index (κ1) is 16.9. The number of para-hydroxylation sites is 2. The topological polar surface area (TPSA) is 46.6 Å². The molecule has 0 radical (unpaired) electrons. The second-order valence-electron chi connectivity index (χ2n) is 4.64. The number of anilines is 1. The van der Waals surface area contributed by atoms with Gasteiger partial charge in [0.2, 0.25) is 10.0 Å². The monoisotopic (exact) mass is 359 g/mol. The van der Waals surface area contributed by atoms with Crippen molar-refractivity contribution in [1.82, 2.24) is 0 Å². The summed E-state index contributed by atoms with van der Waals surface area (Å²) in [6.45, 7) is 0.0255. The molecule has 2 rings (SSSR count). The summed E-state index contributed by atoms with van der Waals surface area (Å²) in [4.78, 5) is 0. The summed E-state index contributed by atoms with van der Waals surface area (Å²) in [5.74, 6) is 0.455. The number of hydrogen-bond acceptors (Lipinski definition) is 3. The Morgan fingerprint density at radius 1 is 1.05 bits per heavy atom. The van der Waals surface area contributed by atoms with Crippen LogP contribution < -0.4 is 9.04 Å². The van der Waals surface area contributed by atoms with E-state index in [4.69, 9.17) is 27.9 Å². The largest absolute Gasteiger partial charge is 0.495 e. The zero-order chi connectivity index (χ0) is 16.3. The van der Waals surface area contributed by atoms with Crippen molar-refractivity contribution in [2.75, 3.05) is 17.7 Å². The predicted octanol–water partition coefficient (Wildman–Crippen LogP) is 3.97. The van der Waals surface area contributed by atoms with E-state index in [1.165, 1.54) is 11.4 Å². The summed E-state index contributed by atoms with van der Waals surface area (Å²) < 4.78 is 30.9. The summed E-state index contributed by atoms with van der Waals surface area (Å²) in [5.41, 5.74) is 0.977. The van der Waals surface area contributed by atoms with E-state index < -0.39 is 10.0 Å². The Labute approximate surface area is 140 Å². The summed E-state index contributed by atoms with van der Waals surface area (Å²) in [6.07, 6.45) is 1.13. The summed E-state index contributed by atoms with van der Waals surface area (Å²) in [6, 6.07) is 11.9. The van der Waals surface area contributed by atoms with Crippen LogP contribution in [0.3, 0.4) is 0 Å². The van der Waals surface area contributed by atoms with Gasteiger partial charge >= 0.3 is 0 Å². The molecule has 7 heteroatoms. The second-order valence-corrected chi connectivity index (χ2v) is 7.36. The van der Waals surface area contributed by atoms with Crippen molar-refractivity contribution in [3.8, 4) is 5.75 Å². The van der Waals surface area contributed by atoms with E-state index >= 15 is 0 Å². The fourth-order valence-corrected chi connectivity index (χ4v) is 3.43. The fourth-order valence-electron chi connectivity index (χ4n) is 2.04. The highest BCUT2D eigenvalue weighted by Gasteiger charge is 2.23. The second kappa shape index (κ2) is 6.77. The van der Waals surface area contributed by atoms with E-state index in [1.54, 1.807) is 42.5 Å². The number of methoxy groups -OCH3 is 1. The zero-order valence-corrected chi connectivity index (χ0v) is 14.4. The van der Waals surface area contributed by atoms with Gasteiger partial charge in [-0.2, -0.15) is 0 Å². The van der Waals surface area contributed by atoms with Crippen molar-refractivity contribution in [1.29, 1.82) is 0 Å². The molecule has 0 saturated heterocycles. The summed E-state index contributed by atoms with van der Waals surface area (Å²) >= 11 is 12.3. The standard InChI is InChI=1S/C15H15Cl2NO3S/c1-21-15-9-4-3-8-14(15)18(22(2,19)20)10-11-12(16)6-5-7-13(11)17/h3-9H,10H2,1-2H3. The number of rotatable bonds is 5. The average Bonchev–Trinajstić information content (AvgIpc) is 2.45. The first-order chi connectivity index (χ1) is 10.3. The van der Waals surface area contributed by atoms with Gasteiger partial charge in [0.15, 0.2) is 0 Å². The lowest BCUT2D eigenvalue weighted by atomic mass is 10.2. The molecule has 22 heavy (non-hydrogen) atoms. The van der Waals surface area contributed by atoms with Crippen LogP contribution in [0.2, 0.25) is 10.0 Å². The molecule has 0 aliphatic carbocycles. The Morgan fingerprint density at radius 3 is 2.18 bits per heavy atom. The highest BCUT2D eigenvalue weighted by Crippen LogP contribution is 2.33. The molecule has 2 aromatic carbocycles. The third-order valence-corrected chi connectivity index (χ3v) is 4.95. The molecule has 0 aliphatic rings. The van der Waals surface area contributed by atoms with E-state index in [0.717, 1.165) is 6.26 Å². The van der Waals surface area contributed by atoms with Crippen molar-refractivity contribution in [2.45, 2.75) is 6.54 Å². The average molecular weight is 360 g/mol. The van der Waals surface area contributed by atoms with Crippen LogP contribution in [-0.4, -0.2) is 21.8 Å². The maximum absolute atomic E-state index is 12.2. The lowest BCUT2D eigenvalue weighted by Crippen LogP contribution is -2.30. The lowest BCUT2D eigenvalue weighted by Gasteiger charge is -2.25. The van der Waals surface area contributed by atoms with Crippen molar-refractivity contribution >= 4 is 38.9 Å². The number of nitrogens with zero attached hydrogens (tertiary/aromatic N) is 1. The summed E-state index contributed by atoms with van der Waals surface area (Å²) in [7, 11) is -2.06. The van der Waals surface area contributed by atoms with E-state index in [1.807, 2.05) is 0 Å². The van der Waals surface area contributed by atoms with Crippen LogP contribution in [0.4, 0.5) is 5.69 Å². The molecular weight excluding hydrogens is 345 g/mol. The van der Waals surface area contributed by atoms with E-state index in [-0.39, 0.29) is 6.54 Å². The van der Waals surface area contributed by atoms with Crippen LogP contribution in [0.1, 0.15) is 5.56 Å². The number of hydrogen-bond donors (Lipinski definition) is 0. The maximum Gasteiger partial charge on any atom is 0.232 e. The molecule has 0 unspecified atom stereocenters. The lowest BCUT2D eigenvalue weighted by molar-refractivity contribution is 0.415. The molecule has 0 N–H and O–H groups in total. The molecule has 0 heterocycles. The van der Waals surface area contributed by atoms with Gasteiger partial charge in [0.1, 0.15) is 5.75 Å². The van der Waals surface area contributed by atoms with Crippen LogP contribution >= 0.6 is 23.2 Å². The molecule has 0 aromatic heterocycles. The van der Waals surface area contributed by atoms with Gasteiger partial charge in [0.25, 0.3) is 0 Å². The van der Waals surface area contributed by atoms with Gasteiger partial charge in [-0.25, -0.2) is 8.42 Å². The first-order valence-electron chi connectivity index (χ1n) is 6.38. The minimum atomic E-state index is -3.55. The van der Waals surface area contributed by atoms with Crippen molar-refractivity contribution in [2.24, 2.45) is 0 Å². The van der Waals surface area contributed by atoms with Gasteiger partial charge in [-0.1, -0.05) is 41.4 Å². The Balaban J connectivity index is 2.54. The SMILES string of the molecule is COc1ccccc1N(Cc1c(Cl)cccc1Cl)S(C)(=O)=O. The number of ether oxygens (including phenoxy) is 1. The highest BCUT2D eigenvalue weighted by molar-refractivity contribution is 7.92. The smallest absolute Gasteiger partial charge is 0.232 e. The molecule has 4 nitrogen and oxygen atoms in total. The van der Waals surface area contributed by atoms with Crippen LogP contribution in [0.15, 0.2) is 42.5 Å². The van der Waals surface area contributed by atoms with Crippen LogP contribution in [0, 0.1) is 0 Å². The van der Waals surface area contributed by atoms with Gasteiger partial charge in [0, 0.05) is 15.6 Å². The van der Waals surface area contributed by atoms with E-state index in [0.29, 0.717) is 27.0 Å². The van der Waals surface area contributed by atoms with Gasteiger partial charge in [-0.05, 0) is 24.3 Å². The van der Waals surface area contributed by atoms with Gasteiger partial charge in [-0.3, -0.25) is 4.31 Å². The van der Waals surface area contributed by atoms with Crippen molar-refractivity contribution < 1.29 is 13.2 Å². The normalized spacial score (nSPS) is 11.3.